The summed E-state index contributed by atoms with van der Waals surface area (Å²) in [6.07, 6.45) is 9.46. The van der Waals surface area contributed by atoms with Crippen LogP contribution in [0, 0.1) is 38.5 Å². The Balaban J connectivity index is 2.93. The van der Waals surface area contributed by atoms with E-state index in [1.165, 1.54) is 38.5 Å². The molecule has 0 fully saturated rings. The van der Waals surface area contributed by atoms with Crippen molar-refractivity contribution in [2.45, 2.75) is 157 Å². The molecule has 0 aliphatic rings. The van der Waals surface area contributed by atoms with Crippen molar-refractivity contribution in [3.8, 4) is 11.5 Å². The van der Waals surface area contributed by atoms with E-state index < -0.39 is 29.5 Å². The first-order valence-electron chi connectivity index (χ1n) is 17.1. The summed E-state index contributed by atoms with van der Waals surface area (Å²) in [4.78, 5) is 46.9. The van der Waals surface area contributed by atoms with Gasteiger partial charge in [-0.05, 0) is 81.4 Å². The van der Waals surface area contributed by atoms with Crippen molar-refractivity contribution in [1.29, 1.82) is 0 Å². The summed E-state index contributed by atoms with van der Waals surface area (Å²) in [5, 5.41) is 29.2. The van der Waals surface area contributed by atoms with Crippen molar-refractivity contribution in [2.24, 2.45) is 17.8 Å². The molecule has 0 aliphatic heterocycles. The van der Waals surface area contributed by atoms with Crippen molar-refractivity contribution >= 4 is 23.9 Å². The number of carboxylic acids is 2. The molecule has 262 valence electrons. The molecule has 1 rings (SSSR count). The molecular formula is C37H60O9. The van der Waals surface area contributed by atoms with Gasteiger partial charge in [-0.25, -0.2) is 0 Å². The van der Waals surface area contributed by atoms with Crippen LogP contribution in [0.5, 0.6) is 11.5 Å². The molecule has 0 spiro atoms. The topological polar surface area (TPSA) is 147 Å². The van der Waals surface area contributed by atoms with Gasteiger partial charge in [-0.2, -0.15) is 0 Å². The molecule has 3 N–H and O–H groups in total. The molecule has 1 aromatic rings. The maximum absolute atomic E-state index is 12.6. The van der Waals surface area contributed by atoms with Crippen molar-refractivity contribution in [2.75, 3.05) is 0 Å². The third-order valence-electron chi connectivity index (χ3n) is 9.03. The molecule has 0 heterocycles. The first-order chi connectivity index (χ1) is 21.4. The van der Waals surface area contributed by atoms with Gasteiger partial charge in [0.2, 0.25) is 0 Å². The van der Waals surface area contributed by atoms with Gasteiger partial charge in [-0.15, -0.1) is 0 Å². The normalized spacial score (nSPS) is 14.0. The van der Waals surface area contributed by atoms with Crippen molar-refractivity contribution in [3.63, 3.8) is 0 Å². The highest BCUT2D eigenvalue weighted by atomic mass is 16.5. The molecular weight excluding hydrogens is 588 g/mol. The van der Waals surface area contributed by atoms with Gasteiger partial charge in [0.05, 0.1) is 31.3 Å². The van der Waals surface area contributed by atoms with E-state index in [-0.39, 0.29) is 37.2 Å². The zero-order chi connectivity index (χ0) is 35.0. The molecule has 0 aromatic heterocycles. The van der Waals surface area contributed by atoms with Gasteiger partial charge in [0.1, 0.15) is 11.5 Å². The van der Waals surface area contributed by atoms with E-state index >= 15 is 0 Å². The van der Waals surface area contributed by atoms with E-state index in [0.717, 1.165) is 24.7 Å². The third kappa shape index (κ3) is 16.1. The highest BCUT2D eigenvalue weighted by Crippen LogP contribution is 2.40. The number of hydrogen-bond acceptors (Lipinski definition) is 7. The van der Waals surface area contributed by atoms with Crippen molar-refractivity contribution in [1.82, 2.24) is 0 Å². The molecule has 3 atom stereocenters. The number of benzene rings is 1. The van der Waals surface area contributed by atoms with Crippen LogP contribution in [-0.2, 0) is 25.6 Å². The van der Waals surface area contributed by atoms with Gasteiger partial charge in [-0.3, -0.25) is 19.2 Å². The monoisotopic (exact) mass is 648 g/mol. The van der Waals surface area contributed by atoms with Crippen LogP contribution in [0.1, 0.15) is 147 Å². The first-order valence-corrected chi connectivity index (χ1v) is 17.1. The minimum absolute atomic E-state index is 0.274. The van der Waals surface area contributed by atoms with Crippen LogP contribution >= 0.6 is 0 Å². The van der Waals surface area contributed by atoms with Gasteiger partial charge in [0, 0.05) is 5.56 Å². The smallest absolute Gasteiger partial charge is 0.311 e. The Kier molecular flexibility index (Phi) is 18.2. The fourth-order valence-electron chi connectivity index (χ4n) is 5.82. The number of esters is 2. The van der Waals surface area contributed by atoms with Gasteiger partial charge in [-0.1, -0.05) is 79.1 Å². The largest absolute Gasteiger partial charge is 0.481 e. The summed E-state index contributed by atoms with van der Waals surface area (Å²) < 4.78 is 11.3. The molecule has 0 saturated heterocycles. The summed E-state index contributed by atoms with van der Waals surface area (Å²) in [7, 11) is 0. The van der Waals surface area contributed by atoms with Crippen LogP contribution in [0.4, 0.5) is 0 Å². The highest BCUT2D eigenvalue weighted by molar-refractivity contribution is 5.81. The van der Waals surface area contributed by atoms with Gasteiger partial charge >= 0.3 is 23.9 Å². The van der Waals surface area contributed by atoms with Crippen molar-refractivity contribution in [3.05, 3.63) is 22.3 Å². The number of rotatable bonds is 23. The lowest BCUT2D eigenvalue weighted by molar-refractivity contribution is -0.142. The molecule has 0 bridgehead atoms. The zero-order valence-electron chi connectivity index (χ0n) is 29.6. The van der Waals surface area contributed by atoms with Crippen LogP contribution in [0.15, 0.2) is 0 Å². The van der Waals surface area contributed by atoms with Crippen LogP contribution in [0.2, 0.25) is 0 Å². The van der Waals surface area contributed by atoms with E-state index in [2.05, 4.69) is 27.7 Å². The number of carboxylic acid groups (broad SMARTS) is 2. The van der Waals surface area contributed by atoms with Crippen LogP contribution in [0.3, 0.4) is 0 Å². The standard InChI is InChI=1S/C37H60O9/c1-24(2)12-9-13-25(3)14-10-15-26(4)16-11-22-37(8,44)23-21-30-29(7)35(45-33(42)19-17-31(38)39)27(5)28(6)36(30)46-34(43)20-18-32(40)41/h24-26,44H,9-23H2,1-8H3,(H,38,39)(H,40,41)/t25-,26-,37-/m1/s1. The SMILES string of the molecule is Cc1c(C)c(OC(=O)CCC(=O)O)c(CC[C@](C)(O)CCC[C@H](C)CCC[C@H](C)CCCC(C)C)c(C)c1OC(=O)CCC(=O)O. The second-order valence-corrected chi connectivity index (χ2v) is 14.1. The molecule has 0 radical (unpaired) electrons. The summed E-state index contributed by atoms with van der Waals surface area (Å²) in [5.74, 6) is -0.939. The molecule has 0 saturated carbocycles. The van der Waals surface area contributed by atoms with Crippen LogP contribution in [0.25, 0.3) is 0 Å². The van der Waals surface area contributed by atoms with E-state index in [1.807, 2.05) is 0 Å². The summed E-state index contributed by atoms with van der Waals surface area (Å²) in [6, 6.07) is 0. The van der Waals surface area contributed by atoms with Gasteiger partial charge in [0.15, 0.2) is 0 Å². The lowest BCUT2D eigenvalue weighted by Crippen LogP contribution is -2.25. The van der Waals surface area contributed by atoms with Crippen molar-refractivity contribution < 1.29 is 44.0 Å². The number of hydrogen-bond donors (Lipinski definition) is 3. The lowest BCUT2D eigenvalue weighted by atomic mass is 9.86. The summed E-state index contributed by atoms with van der Waals surface area (Å²) in [5.41, 5.74) is 1.25. The molecule has 46 heavy (non-hydrogen) atoms. The predicted molar refractivity (Wildman–Crippen MR) is 179 cm³/mol. The number of carbonyl (C=O) groups is 4. The fourth-order valence-corrected chi connectivity index (χ4v) is 5.82. The number of aliphatic hydroxyl groups is 1. The molecule has 1 aromatic carbocycles. The van der Waals surface area contributed by atoms with E-state index in [4.69, 9.17) is 19.7 Å². The van der Waals surface area contributed by atoms with E-state index in [9.17, 15) is 24.3 Å². The Morgan fingerprint density at radius 2 is 1.07 bits per heavy atom. The Labute approximate surface area is 276 Å². The minimum atomic E-state index is -1.11. The van der Waals surface area contributed by atoms with Gasteiger partial charge in [0.25, 0.3) is 0 Å². The molecule has 9 nitrogen and oxygen atoms in total. The predicted octanol–water partition coefficient (Wildman–Crippen LogP) is 8.27. The molecule has 9 heteroatoms. The second kappa shape index (κ2) is 20.3. The molecule has 0 amide bonds. The summed E-state index contributed by atoms with van der Waals surface area (Å²) in [6.45, 7) is 16.2. The first kappa shape index (κ1) is 41.1. The minimum Gasteiger partial charge on any atom is -0.481 e. The number of aliphatic carboxylic acids is 2. The lowest BCUT2D eigenvalue weighted by Gasteiger charge is -2.26. The average Bonchev–Trinajstić information content (AvgIpc) is 2.95. The number of carbonyl (C=O) groups excluding carboxylic acids is 2. The molecule has 0 unspecified atom stereocenters. The van der Waals surface area contributed by atoms with Crippen LogP contribution in [-0.4, -0.2) is 44.8 Å². The average molecular weight is 649 g/mol. The Bertz CT molecular complexity index is 1150. The number of ether oxygens (including phenoxy) is 2. The Morgan fingerprint density at radius 3 is 1.54 bits per heavy atom. The quantitative estimate of drug-likeness (QED) is 0.0787. The third-order valence-corrected chi connectivity index (χ3v) is 9.03. The molecule has 0 aliphatic carbocycles. The fraction of sp³-hybridized carbons (Fsp3) is 0.730. The summed E-state index contributed by atoms with van der Waals surface area (Å²) >= 11 is 0. The Hall–Kier alpha value is -2.94. The second-order valence-electron chi connectivity index (χ2n) is 14.1. The van der Waals surface area contributed by atoms with Gasteiger partial charge < -0.3 is 24.8 Å². The van der Waals surface area contributed by atoms with E-state index in [0.29, 0.717) is 47.4 Å². The maximum atomic E-state index is 12.6. The zero-order valence-corrected chi connectivity index (χ0v) is 29.6. The maximum Gasteiger partial charge on any atom is 0.311 e. The highest BCUT2D eigenvalue weighted by Gasteiger charge is 2.27. The Morgan fingerprint density at radius 1 is 0.630 bits per heavy atom. The van der Waals surface area contributed by atoms with Crippen LogP contribution < -0.4 is 9.47 Å². The van der Waals surface area contributed by atoms with E-state index in [1.54, 1.807) is 27.7 Å².